The number of ether oxygens (including phenoxy) is 3. The molecule has 2 aromatic carbocycles. The zero-order valence-corrected chi connectivity index (χ0v) is 17.5. The first-order valence-electron chi connectivity index (χ1n) is 9.98. The van der Waals surface area contributed by atoms with Gasteiger partial charge in [-0.15, -0.1) is 0 Å². The fourth-order valence-corrected chi connectivity index (χ4v) is 2.55. The molecule has 2 rings (SSSR count). The number of rotatable bonds is 12. The van der Waals surface area contributed by atoms with Crippen LogP contribution >= 0.6 is 0 Å². The van der Waals surface area contributed by atoms with Crippen LogP contribution in [0, 0.1) is 0 Å². The number of carbonyl (C=O) groups is 3. The van der Waals surface area contributed by atoms with Crippen LogP contribution in [0.1, 0.15) is 53.3 Å². The van der Waals surface area contributed by atoms with Crippen molar-refractivity contribution >= 4 is 17.9 Å². The van der Waals surface area contributed by atoms with Crippen molar-refractivity contribution in [3.8, 4) is 11.5 Å². The van der Waals surface area contributed by atoms with Crippen LogP contribution < -0.4 is 9.47 Å². The van der Waals surface area contributed by atoms with Crippen molar-refractivity contribution in [1.29, 1.82) is 0 Å². The average molecular weight is 426 g/mol. The predicted octanol–water partition coefficient (Wildman–Crippen LogP) is 4.66. The molecule has 2 aromatic rings. The molecule has 0 aromatic heterocycles. The zero-order chi connectivity index (χ0) is 22.6. The number of carbonyl (C=O) groups excluding carboxylic acids is 2. The molecule has 164 valence electrons. The van der Waals surface area contributed by atoms with Gasteiger partial charge in [-0.25, -0.2) is 14.4 Å². The quantitative estimate of drug-likeness (QED) is 0.228. The van der Waals surface area contributed by atoms with Gasteiger partial charge in [0.15, 0.2) is 0 Å². The van der Waals surface area contributed by atoms with E-state index < -0.39 is 11.9 Å². The molecule has 0 aliphatic heterocycles. The van der Waals surface area contributed by atoms with Crippen molar-refractivity contribution < 1.29 is 33.7 Å². The van der Waals surface area contributed by atoms with E-state index in [2.05, 4.69) is 6.58 Å². The summed E-state index contributed by atoms with van der Waals surface area (Å²) in [4.78, 5) is 34.3. The minimum atomic E-state index is -1.04. The third-order valence-electron chi connectivity index (χ3n) is 4.29. The van der Waals surface area contributed by atoms with E-state index in [0.29, 0.717) is 30.1 Å². The second-order valence-electron chi connectivity index (χ2n) is 6.92. The van der Waals surface area contributed by atoms with Crippen LogP contribution in [0.3, 0.4) is 0 Å². The molecule has 0 bridgehead atoms. The number of esters is 2. The number of hydrogen-bond acceptors (Lipinski definition) is 6. The molecule has 0 atom stereocenters. The van der Waals surface area contributed by atoms with Gasteiger partial charge in [0.25, 0.3) is 0 Å². The lowest BCUT2D eigenvalue weighted by atomic mass is 10.2. The van der Waals surface area contributed by atoms with Crippen LogP contribution in [0.15, 0.2) is 60.7 Å². The Morgan fingerprint density at radius 1 is 0.806 bits per heavy atom. The molecule has 1 N–H and O–H groups in total. The lowest BCUT2D eigenvalue weighted by Gasteiger charge is -2.08. The standard InChI is InChI=1S/C24H26O7/c1-17(2)23(27)30-16-6-4-3-5-15-29-20-11-9-19(10-12-20)24(28)31-21-13-7-18(8-14-21)22(25)26/h7-14H,1,3-6,15-16H2,2H3,(H,25,26). The molecule has 0 fully saturated rings. The first-order valence-corrected chi connectivity index (χ1v) is 9.98. The van der Waals surface area contributed by atoms with Crippen LogP contribution in [-0.2, 0) is 9.53 Å². The van der Waals surface area contributed by atoms with Gasteiger partial charge < -0.3 is 19.3 Å². The van der Waals surface area contributed by atoms with Gasteiger partial charge in [-0.3, -0.25) is 0 Å². The van der Waals surface area contributed by atoms with Crippen molar-refractivity contribution in [3.05, 3.63) is 71.8 Å². The van der Waals surface area contributed by atoms with Gasteiger partial charge in [0.05, 0.1) is 24.3 Å². The number of benzene rings is 2. The first-order chi connectivity index (χ1) is 14.9. The highest BCUT2D eigenvalue weighted by Crippen LogP contribution is 2.17. The van der Waals surface area contributed by atoms with E-state index in [4.69, 9.17) is 19.3 Å². The number of carboxylic acids is 1. The van der Waals surface area contributed by atoms with Crippen molar-refractivity contribution in [2.24, 2.45) is 0 Å². The fraction of sp³-hybridized carbons (Fsp3) is 0.292. The van der Waals surface area contributed by atoms with Crippen molar-refractivity contribution in [2.45, 2.75) is 32.6 Å². The highest BCUT2D eigenvalue weighted by Gasteiger charge is 2.10. The Bertz CT molecular complexity index is 899. The normalized spacial score (nSPS) is 10.2. The van der Waals surface area contributed by atoms with E-state index in [1.807, 2.05) is 0 Å². The Morgan fingerprint density at radius 2 is 1.35 bits per heavy atom. The molecule has 31 heavy (non-hydrogen) atoms. The minimum absolute atomic E-state index is 0.118. The summed E-state index contributed by atoms with van der Waals surface area (Å²) in [6.45, 7) is 6.10. The van der Waals surface area contributed by atoms with E-state index in [0.717, 1.165) is 25.7 Å². The summed E-state index contributed by atoms with van der Waals surface area (Å²) in [6.07, 6.45) is 3.56. The third kappa shape index (κ3) is 8.34. The van der Waals surface area contributed by atoms with Gasteiger partial charge in [0, 0.05) is 5.57 Å². The zero-order valence-electron chi connectivity index (χ0n) is 17.5. The summed E-state index contributed by atoms with van der Waals surface area (Å²) < 4.78 is 15.9. The lowest BCUT2D eigenvalue weighted by Crippen LogP contribution is -2.08. The molecule has 0 saturated carbocycles. The maximum absolute atomic E-state index is 12.2. The van der Waals surface area contributed by atoms with Gasteiger partial charge in [-0.1, -0.05) is 6.58 Å². The van der Waals surface area contributed by atoms with Gasteiger partial charge in [0.1, 0.15) is 11.5 Å². The number of carboxylic acid groups (broad SMARTS) is 1. The van der Waals surface area contributed by atoms with Gasteiger partial charge >= 0.3 is 17.9 Å². The van der Waals surface area contributed by atoms with Crippen LogP contribution in [0.4, 0.5) is 0 Å². The monoisotopic (exact) mass is 426 g/mol. The van der Waals surface area contributed by atoms with Gasteiger partial charge in [-0.05, 0) is 81.1 Å². The first kappa shape index (κ1) is 23.7. The second-order valence-corrected chi connectivity index (χ2v) is 6.92. The Balaban J connectivity index is 1.66. The van der Waals surface area contributed by atoms with E-state index in [1.165, 1.54) is 24.3 Å². The molecule has 0 saturated heterocycles. The van der Waals surface area contributed by atoms with E-state index in [1.54, 1.807) is 31.2 Å². The molecular weight excluding hydrogens is 400 g/mol. The van der Waals surface area contributed by atoms with Crippen LogP contribution in [0.25, 0.3) is 0 Å². The predicted molar refractivity (Wildman–Crippen MR) is 115 cm³/mol. The lowest BCUT2D eigenvalue weighted by molar-refractivity contribution is -0.139. The molecule has 0 unspecified atom stereocenters. The maximum Gasteiger partial charge on any atom is 0.343 e. The van der Waals surface area contributed by atoms with E-state index in [9.17, 15) is 14.4 Å². The molecule has 7 heteroatoms. The molecule has 0 amide bonds. The topological polar surface area (TPSA) is 99.1 Å². The van der Waals surface area contributed by atoms with Crippen LogP contribution in [-0.4, -0.2) is 36.2 Å². The largest absolute Gasteiger partial charge is 0.494 e. The van der Waals surface area contributed by atoms with Crippen molar-refractivity contribution in [1.82, 2.24) is 0 Å². The maximum atomic E-state index is 12.2. The summed E-state index contributed by atoms with van der Waals surface area (Å²) in [6, 6.07) is 12.2. The number of aromatic carboxylic acids is 1. The summed E-state index contributed by atoms with van der Waals surface area (Å²) in [5.74, 6) is -1.02. The highest BCUT2D eigenvalue weighted by molar-refractivity contribution is 5.91. The fourth-order valence-electron chi connectivity index (χ4n) is 2.55. The molecule has 0 spiro atoms. The second kappa shape index (κ2) is 12.2. The Morgan fingerprint density at radius 3 is 1.94 bits per heavy atom. The summed E-state index contributed by atoms with van der Waals surface area (Å²) >= 11 is 0. The average Bonchev–Trinajstić information content (AvgIpc) is 2.76. The summed E-state index contributed by atoms with van der Waals surface area (Å²) in [5.41, 5.74) is 0.883. The molecule has 0 aliphatic rings. The van der Waals surface area contributed by atoms with E-state index in [-0.39, 0.29) is 17.3 Å². The molecule has 0 heterocycles. The van der Waals surface area contributed by atoms with Gasteiger partial charge in [0.2, 0.25) is 0 Å². The number of unbranched alkanes of at least 4 members (excludes halogenated alkanes) is 3. The number of hydrogen-bond donors (Lipinski definition) is 1. The summed E-state index contributed by atoms with van der Waals surface area (Å²) in [5, 5.41) is 8.88. The summed E-state index contributed by atoms with van der Waals surface area (Å²) in [7, 11) is 0. The Kier molecular flexibility index (Phi) is 9.29. The SMILES string of the molecule is C=C(C)C(=O)OCCCCCCOc1ccc(C(=O)Oc2ccc(C(=O)O)cc2)cc1. The van der Waals surface area contributed by atoms with Crippen LogP contribution in [0.2, 0.25) is 0 Å². The molecular formula is C24H26O7. The minimum Gasteiger partial charge on any atom is -0.494 e. The Labute approximate surface area is 181 Å². The molecule has 7 nitrogen and oxygen atoms in total. The smallest absolute Gasteiger partial charge is 0.343 e. The van der Waals surface area contributed by atoms with Crippen molar-refractivity contribution in [2.75, 3.05) is 13.2 Å². The van der Waals surface area contributed by atoms with Crippen LogP contribution in [0.5, 0.6) is 11.5 Å². The van der Waals surface area contributed by atoms with E-state index >= 15 is 0 Å². The van der Waals surface area contributed by atoms with Gasteiger partial charge in [-0.2, -0.15) is 0 Å². The Hall–Kier alpha value is -3.61. The van der Waals surface area contributed by atoms with Crippen molar-refractivity contribution in [3.63, 3.8) is 0 Å². The molecule has 0 radical (unpaired) electrons. The third-order valence-corrected chi connectivity index (χ3v) is 4.29. The highest BCUT2D eigenvalue weighted by atomic mass is 16.5. The molecule has 0 aliphatic carbocycles.